The molecule has 0 heterocycles. The lowest BCUT2D eigenvalue weighted by Gasteiger charge is -2.26. The van der Waals surface area contributed by atoms with Crippen molar-refractivity contribution in [2.24, 2.45) is 0 Å². The summed E-state index contributed by atoms with van der Waals surface area (Å²) in [4.78, 5) is 13.3. The van der Waals surface area contributed by atoms with Gasteiger partial charge in [0.15, 0.2) is 0 Å². The molecule has 0 saturated carbocycles. The third-order valence-corrected chi connectivity index (χ3v) is 2.34. The molecule has 72 valence electrons. The molecule has 0 unspecified atom stereocenters. The molecule has 0 aliphatic carbocycles. The third-order valence-electron chi connectivity index (χ3n) is 1.78. The van der Waals surface area contributed by atoms with Crippen molar-refractivity contribution in [3.8, 4) is 0 Å². The molecule has 12 heavy (non-hydrogen) atoms. The van der Waals surface area contributed by atoms with Gasteiger partial charge in [0.2, 0.25) is 5.91 Å². The maximum atomic E-state index is 11.4. The maximum Gasteiger partial charge on any atom is 0.222 e. The van der Waals surface area contributed by atoms with Crippen LogP contribution < -0.4 is 0 Å². The molecule has 1 amide bonds. The SMILES string of the molecule is CCC(=O)N(CCCBr)C(C)C. The zero-order valence-corrected chi connectivity index (χ0v) is 9.73. The van der Waals surface area contributed by atoms with Gasteiger partial charge in [0.05, 0.1) is 0 Å². The largest absolute Gasteiger partial charge is 0.340 e. The third kappa shape index (κ3) is 4.10. The molecule has 0 aromatic heterocycles. The molecule has 0 saturated heterocycles. The Kier molecular flexibility index (Phi) is 6.44. The van der Waals surface area contributed by atoms with Crippen molar-refractivity contribution < 1.29 is 4.79 Å². The molecule has 0 aromatic carbocycles. The first-order valence-electron chi connectivity index (χ1n) is 4.48. The summed E-state index contributed by atoms with van der Waals surface area (Å²) in [7, 11) is 0. The van der Waals surface area contributed by atoms with Crippen LogP contribution in [0.5, 0.6) is 0 Å². The van der Waals surface area contributed by atoms with E-state index in [4.69, 9.17) is 0 Å². The average molecular weight is 236 g/mol. The van der Waals surface area contributed by atoms with Crippen LogP contribution in [-0.2, 0) is 4.79 Å². The maximum absolute atomic E-state index is 11.4. The van der Waals surface area contributed by atoms with Crippen molar-refractivity contribution in [2.45, 2.75) is 39.7 Å². The lowest BCUT2D eigenvalue weighted by atomic mass is 10.2. The first kappa shape index (κ1) is 11.9. The predicted octanol–water partition coefficient (Wildman–Crippen LogP) is 2.42. The fourth-order valence-corrected chi connectivity index (χ4v) is 1.35. The van der Waals surface area contributed by atoms with Gasteiger partial charge in [-0.25, -0.2) is 0 Å². The number of rotatable bonds is 5. The van der Waals surface area contributed by atoms with E-state index in [1.165, 1.54) is 0 Å². The fraction of sp³-hybridized carbons (Fsp3) is 0.889. The minimum atomic E-state index is 0.256. The van der Waals surface area contributed by atoms with E-state index in [1.54, 1.807) is 0 Å². The number of alkyl halides is 1. The van der Waals surface area contributed by atoms with E-state index in [0.29, 0.717) is 12.5 Å². The van der Waals surface area contributed by atoms with E-state index in [9.17, 15) is 4.79 Å². The molecule has 0 aliphatic rings. The Morgan fingerprint density at radius 2 is 2.08 bits per heavy atom. The van der Waals surface area contributed by atoms with Crippen LogP contribution in [0.4, 0.5) is 0 Å². The van der Waals surface area contributed by atoms with Crippen LogP contribution in [0.15, 0.2) is 0 Å². The summed E-state index contributed by atoms with van der Waals surface area (Å²) in [6, 6.07) is 0.330. The summed E-state index contributed by atoms with van der Waals surface area (Å²) in [5.41, 5.74) is 0. The fourth-order valence-electron chi connectivity index (χ4n) is 1.10. The van der Waals surface area contributed by atoms with Crippen LogP contribution in [0.3, 0.4) is 0 Å². The lowest BCUT2D eigenvalue weighted by molar-refractivity contribution is -0.132. The highest BCUT2D eigenvalue weighted by Gasteiger charge is 2.13. The molecule has 0 spiro atoms. The van der Waals surface area contributed by atoms with Gasteiger partial charge in [-0.3, -0.25) is 4.79 Å². The summed E-state index contributed by atoms with van der Waals surface area (Å²) in [6.07, 6.45) is 1.64. The standard InChI is InChI=1S/C9H18BrNO/c1-4-9(12)11(8(2)3)7-5-6-10/h8H,4-7H2,1-3H3. The molecule has 0 aromatic rings. The number of nitrogens with zero attached hydrogens (tertiary/aromatic N) is 1. The Labute approximate surface area is 83.4 Å². The summed E-state index contributed by atoms with van der Waals surface area (Å²) < 4.78 is 0. The van der Waals surface area contributed by atoms with Crippen LogP contribution in [0, 0.1) is 0 Å². The Hall–Kier alpha value is -0.0500. The van der Waals surface area contributed by atoms with Gasteiger partial charge in [-0.05, 0) is 20.3 Å². The zero-order chi connectivity index (χ0) is 9.56. The molecule has 3 heteroatoms. The van der Waals surface area contributed by atoms with Crippen molar-refractivity contribution in [3.05, 3.63) is 0 Å². The second-order valence-electron chi connectivity index (χ2n) is 3.08. The quantitative estimate of drug-likeness (QED) is 0.671. The van der Waals surface area contributed by atoms with Crippen LogP contribution in [0.2, 0.25) is 0 Å². The Morgan fingerprint density at radius 1 is 1.50 bits per heavy atom. The normalized spacial score (nSPS) is 10.4. The Bertz CT molecular complexity index is 136. The number of carbonyl (C=O) groups excluding carboxylic acids is 1. The van der Waals surface area contributed by atoms with E-state index in [0.717, 1.165) is 18.3 Å². The number of amides is 1. The van der Waals surface area contributed by atoms with Gasteiger partial charge in [0.25, 0.3) is 0 Å². The molecular weight excluding hydrogens is 218 g/mol. The van der Waals surface area contributed by atoms with Crippen LogP contribution >= 0.6 is 15.9 Å². The molecule has 0 radical (unpaired) electrons. The molecule has 0 rings (SSSR count). The van der Waals surface area contributed by atoms with Gasteiger partial charge in [-0.2, -0.15) is 0 Å². The number of carbonyl (C=O) groups is 1. The second-order valence-corrected chi connectivity index (χ2v) is 3.87. The molecule has 0 aliphatic heterocycles. The van der Waals surface area contributed by atoms with Gasteiger partial charge in [0, 0.05) is 24.3 Å². The van der Waals surface area contributed by atoms with Gasteiger partial charge >= 0.3 is 0 Å². The highest BCUT2D eigenvalue weighted by atomic mass is 79.9. The number of hydrogen-bond donors (Lipinski definition) is 0. The number of halogens is 1. The van der Waals surface area contributed by atoms with Crippen molar-refractivity contribution >= 4 is 21.8 Å². The average Bonchev–Trinajstić information content (AvgIpc) is 2.04. The van der Waals surface area contributed by atoms with Gasteiger partial charge in [-0.1, -0.05) is 22.9 Å². The van der Waals surface area contributed by atoms with Gasteiger partial charge < -0.3 is 4.90 Å². The van der Waals surface area contributed by atoms with Crippen molar-refractivity contribution in [3.63, 3.8) is 0 Å². The summed E-state index contributed by atoms with van der Waals surface area (Å²) in [6.45, 7) is 6.89. The first-order valence-corrected chi connectivity index (χ1v) is 5.61. The number of hydrogen-bond acceptors (Lipinski definition) is 1. The smallest absolute Gasteiger partial charge is 0.222 e. The van der Waals surface area contributed by atoms with Crippen LogP contribution in [0.25, 0.3) is 0 Å². The molecule has 0 fully saturated rings. The minimum Gasteiger partial charge on any atom is -0.340 e. The van der Waals surface area contributed by atoms with E-state index >= 15 is 0 Å². The Balaban J connectivity index is 3.95. The van der Waals surface area contributed by atoms with Gasteiger partial charge in [-0.15, -0.1) is 0 Å². The molecular formula is C9H18BrNO. The minimum absolute atomic E-state index is 0.256. The molecule has 2 nitrogen and oxygen atoms in total. The molecule has 0 atom stereocenters. The van der Waals surface area contributed by atoms with Crippen molar-refractivity contribution in [1.29, 1.82) is 0 Å². The summed E-state index contributed by atoms with van der Waals surface area (Å²) in [5.74, 6) is 0.256. The van der Waals surface area contributed by atoms with Crippen molar-refractivity contribution in [2.75, 3.05) is 11.9 Å². The summed E-state index contributed by atoms with van der Waals surface area (Å²) >= 11 is 3.36. The van der Waals surface area contributed by atoms with Crippen LogP contribution in [0.1, 0.15) is 33.6 Å². The van der Waals surface area contributed by atoms with E-state index in [-0.39, 0.29) is 5.91 Å². The summed E-state index contributed by atoms with van der Waals surface area (Å²) in [5, 5.41) is 0.965. The van der Waals surface area contributed by atoms with E-state index in [1.807, 2.05) is 11.8 Å². The highest BCUT2D eigenvalue weighted by molar-refractivity contribution is 9.09. The lowest BCUT2D eigenvalue weighted by Crippen LogP contribution is -2.37. The van der Waals surface area contributed by atoms with Gasteiger partial charge in [0.1, 0.15) is 0 Å². The topological polar surface area (TPSA) is 20.3 Å². The Morgan fingerprint density at radius 3 is 2.42 bits per heavy atom. The highest BCUT2D eigenvalue weighted by Crippen LogP contribution is 2.03. The first-order chi connectivity index (χ1) is 5.63. The van der Waals surface area contributed by atoms with E-state index in [2.05, 4.69) is 29.8 Å². The zero-order valence-electron chi connectivity index (χ0n) is 8.14. The van der Waals surface area contributed by atoms with Crippen molar-refractivity contribution in [1.82, 2.24) is 4.90 Å². The molecule has 0 bridgehead atoms. The van der Waals surface area contributed by atoms with E-state index < -0.39 is 0 Å². The van der Waals surface area contributed by atoms with Crippen LogP contribution in [-0.4, -0.2) is 28.7 Å². The second kappa shape index (κ2) is 6.46. The predicted molar refractivity (Wildman–Crippen MR) is 55.6 cm³/mol. The molecule has 0 N–H and O–H groups in total. The monoisotopic (exact) mass is 235 g/mol.